The van der Waals surface area contributed by atoms with Crippen LogP contribution in [-0.4, -0.2) is 33.0 Å². The van der Waals surface area contributed by atoms with Crippen molar-refractivity contribution in [3.63, 3.8) is 0 Å². The Bertz CT molecular complexity index is 636. The fourth-order valence-corrected chi connectivity index (χ4v) is 3.22. The van der Waals surface area contributed by atoms with Crippen molar-refractivity contribution < 1.29 is 25.2 Å². The minimum Gasteiger partial charge on any atom is -0.507 e. The highest BCUT2D eigenvalue weighted by Gasteiger charge is 2.32. The first-order chi connectivity index (χ1) is 10.8. The number of aliphatic carboxylic acids is 1. The van der Waals surface area contributed by atoms with E-state index in [-0.39, 0.29) is 29.6 Å². The smallest absolute Gasteiger partial charge is 0.331 e. The molecule has 124 valence electrons. The first-order valence-electron chi connectivity index (χ1n) is 7.60. The van der Waals surface area contributed by atoms with Gasteiger partial charge in [0.05, 0.1) is 0 Å². The molecule has 0 saturated carbocycles. The maximum atomic E-state index is 11.3. The van der Waals surface area contributed by atoms with E-state index in [4.69, 9.17) is 5.11 Å². The van der Waals surface area contributed by atoms with Gasteiger partial charge in [-0.1, -0.05) is 18.2 Å². The minimum atomic E-state index is -0.981. The average molecular weight is 318 g/mol. The summed E-state index contributed by atoms with van der Waals surface area (Å²) in [5.41, 5.74) is 2.11. The summed E-state index contributed by atoms with van der Waals surface area (Å²) in [6.07, 6.45) is 2.97. The Morgan fingerprint density at radius 2 is 1.91 bits per heavy atom. The molecule has 0 amide bonds. The molecule has 1 aromatic carbocycles. The molecule has 2 rings (SSSR count). The molecular formula is C18H22O5. The highest BCUT2D eigenvalue weighted by molar-refractivity contribution is 5.87. The zero-order valence-electron chi connectivity index (χ0n) is 13.1. The summed E-state index contributed by atoms with van der Waals surface area (Å²) in [5.74, 6) is -1.64. The van der Waals surface area contributed by atoms with Gasteiger partial charge in [0.25, 0.3) is 0 Å². The van der Waals surface area contributed by atoms with E-state index in [1.165, 1.54) is 12.1 Å². The van der Waals surface area contributed by atoms with Gasteiger partial charge in [0.15, 0.2) is 0 Å². The predicted molar refractivity (Wildman–Crippen MR) is 86.6 cm³/mol. The third-order valence-electron chi connectivity index (χ3n) is 4.38. The van der Waals surface area contributed by atoms with Gasteiger partial charge in [0.2, 0.25) is 0 Å². The standard InChI is InChI=1S/C18H22O5/c1-10(2)13-4-3-12(18(22)23)9-14(13)17-15(20)7-11(5-6-19)8-16(17)21/h7-9,13-14,19-21H,1,3-6H2,2H3,(H,22,23)/t13-,14?/m0/s1. The van der Waals surface area contributed by atoms with Crippen LogP contribution in [0.25, 0.3) is 0 Å². The third kappa shape index (κ3) is 3.56. The Morgan fingerprint density at radius 3 is 2.39 bits per heavy atom. The summed E-state index contributed by atoms with van der Waals surface area (Å²) in [6.45, 7) is 5.74. The molecule has 0 radical (unpaired) electrons. The molecule has 0 aromatic heterocycles. The second-order valence-corrected chi connectivity index (χ2v) is 6.04. The van der Waals surface area contributed by atoms with Gasteiger partial charge in [-0.2, -0.15) is 0 Å². The molecule has 0 fully saturated rings. The highest BCUT2D eigenvalue weighted by atomic mass is 16.4. The van der Waals surface area contributed by atoms with E-state index in [1.807, 2.05) is 6.92 Å². The summed E-state index contributed by atoms with van der Waals surface area (Å²) >= 11 is 0. The van der Waals surface area contributed by atoms with Gasteiger partial charge < -0.3 is 20.4 Å². The molecule has 0 spiro atoms. The van der Waals surface area contributed by atoms with Crippen LogP contribution in [0.2, 0.25) is 0 Å². The number of hydrogen-bond acceptors (Lipinski definition) is 4. The summed E-state index contributed by atoms with van der Waals surface area (Å²) in [5, 5.41) is 38.9. The van der Waals surface area contributed by atoms with E-state index in [2.05, 4.69) is 6.58 Å². The third-order valence-corrected chi connectivity index (χ3v) is 4.38. The van der Waals surface area contributed by atoms with E-state index >= 15 is 0 Å². The van der Waals surface area contributed by atoms with Crippen molar-refractivity contribution in [1.82, 2.24) is 0 Å². The normalized spacial score (nSPS) is 20.9. The number of benzene rings is 1. The van der Waals surface area contributed by atoms with Crippen LogP contribution in [-0.2, 0) is 11.2 Å². The summed E-state index contributed by atoms with van der Waals surface area (Å²) in [4.78, 5) is 11.3. The molecule has 0 saturated heterocycles. The number of rotatable bonds is 5. The molecule has 23 heavy (non-hydrogen) atoms. The number of carbonyl (C=O) groups is 1. The molecule has 4 N–H and O–H groups in total. The fraction of sp³-hybridized carbons (Fsp3) is 0.389. The van der Waals surface area contributed by atoms with E-state index in [9.17, 15) is 20.1 Å². The largest absolute Gasteiger partial charge is 0.507 e. The van der Waals surface area contributed by atoms with Crippen molar-refractivity contribution in [2.24, 2.45) is 5.92 Å². The first-order valence-corrected chi connectivity index (χ1v) is 7.60. The summed E-state index contributed by atoms with van der Waals surface area (Å²) in [7, 11) is 0. The van der Waals surface area contributed by atoms with Gasteiger partial charge in [-0.15, -0.1) is 0 Å². The number of phenols is 2. The van der Waals surface area contributed by atoms with Gasteiger partial charge in [-0.05, 0) is 49.8 Å². The Labute approximate surface area is 135 Å². The monoisotopic (exact) mass is 318 g/mol. The topological polar surface area (TPSA) is 98.0 Å². The zero-order chi connectivity index (χ0) is 17.1. The minimum absolute atomic E-state index is 0.0430. The number of aliphatic hydroxyl groups excluding tert-OH is 1. The second-order valence-electron chi connectivity index (χ2n) is 6.04. The number of hydrogen-bond donors (Lipinski definition) is 4. The lowest BCUT2D eigenvalue weighted by Gasteiger charge is -2.31. The van der Waals surface area contributed by atoms with E-state index in [0.29, 0.717) is 30.4 Å². The quantitative estimate of drug-likeness (QED) is 0.626. The van der Waals surface area contributed by atoms with E-state index in [0.717, 1.165) is 5.57 Å². The Morgan fingerprint density at radius 1 is 1.30 bits per heavy atom. The van der Waals surface area contributed by atoms with Crippen molar-refractivity contribution in [3.05, 3.63) is 47.1 Å². The van der Waals surface area contributed by atoms with Crippen LogP contribution in [0, 0.1) is 5.92 Å². The number of carboxylic acid groups (broad SMARTS) is 1. The molecule has 5 heteroatoms. The number of aliphatic hydroxyl groups is 1. The zero-order valence-corrected chi connectivity index (χ0v) is 13.1. The maximum absolute atomic E-state index is 11.3. The molecule has 0 bridgehead atoms. The highest BCUT2D eigenvalue weighted by Crippen LogP contribution is 2.46. The summed E-state index contributed by atoms with van der Waals surface area (Å²) < 4.78 is 0. The lowest BCUT2D eigenvalue weighted by atomic mass is 9.73. The molecule has 2 atom stereocenters. The van der Waals surface area contributed by atoms with Crippen LogP contribution in [0.1, 0.15) is 36.8 Å². The summed E-state index contributed by atoms with van der Waals surface area (Å²) in [6, 6.07) is 3.01. The fourth-order valence-electron chi connectivity index (χ4n) is 3.22. The number of allylic oxidation sites excluding steroid dienone is 2. The molecule has 5 nitrogen and oxygen atoms in total. The van der Waals surface area contributed by atoms with Crippen LogP contribution in [0.15, 0.2) is 35.9 Å². The molecule has 1 aliphatic carbocycles. The van der Waals surface area contributed by atoms with Crippen molar-refractivity contribution in [1.29, 1.82) is 0 Å². The number of aromatic hydroxyl groups is 2. The lowest BCUT2D eigenvalue weighted by Crippen LogP contribution is -2.20. The molecule has 1 unspecified atom stereocenters. The van der Waals surface area contributed by atoms with Gasteiger partial charge in [-0.3, -0.25) is 0 Å². The van der Waals surface area contributed by atoms with Gasteiger partial charge in [-0.25, -0.2) is 4.79 Å². The number of phenolic OH excluding ortho intramolecular Hbond substituents is 2. The van der Waals surface area contributed by atoms with Crippen LogP contribution >= 0.6 is 0 Å². The van der Waals surface area contributed by atoms with Gasteiger partial charge >= 0.3 is 5.97 Å². The molecule has 1 aromatic rings. The van der Waals surface area contributed by atoms with Gasteiger partial charge in [0.1, 0.15) is 11.5 Å². The average Bonchev–Trinajstić information content (AvgIpc) is 2.46. The second kappa shape index (κ2) is 6.87. The van der Waals surface area contributed by atoms with Crippen LogP contribution in [0.4, 0.5) is 0 Å². The Balaban J connectivity index is 2.53. The maximum Gasteiger partial charge on any atom is 0.331 e. The van der Waals surface area contributed by atoms with Crippen LogP contribution in [0.3, 0.4) is 0 Å². The Hall–Kier alpha value is -2.27. The molecule has 1 aliphatic rings. The van der Waals surface area contributed by atoms with E-state index in [1.54, 1.807) is 6.08 Å². The van der Waals surface area contributed by atoms with Gasteiger partial charge in [0, 0.05) is 23.7 Å². The molecule has 0 aliphatic heterocycles. The predicted octanol–water partition coefficient (Wildman–Crippen LogP) is 2.71. The van der Waals surface area contributed by atoms with Crippen LogP contribution in [0.5, 0.6) is 11.5 Å². The SMILES string of the molecule is C=C(C)[C@@H]1CCC(C(=O)O)=CC1c1c(O)cc(CCO)cc1O. The Kier molecular flexibility index (Phi) is 5.11. The molecular weight excluding hydrogens is 296 g/mol. The molecule has 0 heterocycles. The van der Waals surface area contributed by atoms with Crippen molar-refractivity contribution in [2.75, 3.05) is 6.61 Å². The first kappa shape index (κ1) is 17.1. The van der Waals surface area contributed by atoms with E-state index < -0.39 is 11.9 Å². The van der Waals surface area contributed by atoms with Crippen LogP contribution < -0.4 is 0 Å². The number of carboxylic acids is 1. The van der Waals surface area contributed by atoms with Crippen molar-refractivity contribution in [3.8, 4) is 11.5 Å². The van der Waals surface area contributed by atoms with Crippen molar-refractivity contribution >= 4 is 5.97 Å². The van der Waals surface area contributed by atoms with Crippen molar-refractivity contribution in [2.45, 2.75) is 32.1 Å². The lowest BCUT2D eigenvalue weighted by molar-refractivity contribution is -0.133.